The lowest BCUT2D eigenvalue weighted by atomic mass is 9.78. The van der Waals surface area contributed by atoms with Crippen LogP contribution in [-0.4, -0.2) is 56.9 Å². The van der Waals surface area contributed by atoms with E-state index in [9.17, 15) is 29.4 Å². The summed E-state index contributed by atoms with van der Waals surface area (Å²) in [7, 11) is 0. The average molecular weight is 549 g/mol. The van der Waals surface area contributed by atoms with Crippen LogP contribution in [0.15, 0.2) is 60.7 Å². The number of hydrogen-bond donors (Lipinski definition) is 2. The van der Waals surface area contributed by atoms with Crippen molar-refractivity contribution in [2.75, 3.05) is 13.1 Å². The summed E-state index contributed by atoms with van der Waals surface area (Å²) < 4.78 is 0. The van der Waals surface area contributed by atoms with Crippen LogP contribution in [-0.2, 0) is 32.3 Å². The van der Waals surface area contributed by atoms with Crippen LogP contribution in [0.2, 0.25) is 0 Å². The molecule has 0 unspecified atom stereocenters. The molecule has 0 radical (unpaired) electrons. The zero-order valence-electron chi connectivity index (χ0n) is 23.0. The van der Waals surface area contributed by atoms with Crippen LogP contribution in [0.1, 0.15) is 62.5 Å². The van der Waals surface area contributed by atoms with Gasteiger partial charge >= 0.3 is 11.9 Å². The predicted molar refractivity (Wildman–Crippen MR) is 150 cm³/mol. The molecule has 0 aliphatic heterocycles. The molecule has 2 N–H and O–H groups in total. The van der Waals surface area contributed by atoms with Crippen LogP contribution in [0.5, 0.6) is 0 Å². The fraction of sp³-hybridized carbons (Fsp3) is 0.500. The van der Waals surface area contributed by atoms with E-state index in [0.29, 0.717) is 38.8 Å². The second-order valence-electron chi connectivity index (χ2n) is 11.2. The van der Waals surface area contributed by atoms with Crippen molar-refractivity contribution in [3.8, 4) is 0 Å². The van der Waals surface area contributed by atoms with Gasteiger partial charge in [0.25, 0.3) is 0 Å². The summed E-state index contributed by atoms with van der Waals surface area (Å²) in [6.45, 7) is 1.10. The molecule has 2 aliphatic carbocycles. The van der Waals surface area contributed by atoms with Gasteiger partial charge in [0.15, 0.2) is 0 Å². The number of carboxylic acids is 2. The number of carbonyl (C=O) groups excluding carboxylic acids is 2. The van der Waals surface area contributed by atoms with Gasteiger partial charge in [-0.05, 0) is 36.8 Å². The summed E-state index contributed by atoms with van der Waals surface area (Å²) in [6.07, 6.45) is 5.28. The van der Waals surface area contributed by atoms with Crippen molar-refractivity contribution < 1.29 is 29.4 Å². The Bertz CT molecular complexity index is 1060. The lowest BCUT2D eigenvalue weighted by Crippen LogP contribution is -2.48. The minimum Gasteiger partial charge on any atom is -0.481 e. The number of nitrogens with zero attached hydrogens (tertiary/aromatic N) is 2. The molecule has 0 saturated heterocycles. The number of aliphatic carboxylic acids is 2. The Morgan fingerprint density at radius 3 is 1.20 bits per heavy atom. The Labute approximate surface area is 236 Å². The molecule has 8 nitrogen and oxygen atoms in total. The first-order valence-corrected chi connectivity index (χ1v) is 14.5. The molecule has 214 valence electrons. The first-order chi connectivity index (χ1) is 19.3. The van der Waals surface area contributed by atoms with E-state index >= 15 is 0 Å². The molecule has 2 fully saturated rings. The van der Waals surface area contributed by atoms with Crippen LogP contribution in [0.3, 0.4) is 0 Å². The Kier molecular flexibility index (Phi) is 10.3. The number of amides is 2. The number of benzene rings is 2. The maximum Gasteiger partial charge on any atom is 0.307 e. The second-order valence-corrected chi connectivity index (χ2v) is 11.2. The number of carboxylic acid groups (broad SMARTS) is 2. The molecule has 0 spiro atoms. The molecule has 2 amide bonds. The predicted octanol–water partition coefficient (Wildman–Crippen LogP) is 4.83. The molecule has 4 rings (SSSR count). The van der Waals surface area contributed by atoms with Crippen molar-refractivity contribution in [2.45, 2.75) is 64.5 Å². The first kappa shape index (κ1) is 29.3. The topological polar surface area (TPSA) is 115 Å². The van der Waals surface area contributed by atoms with E-state index < -0.39 is 35.6 Å². The van der Waals surface area contributed by atoms with Gasteiger partial charge in [-0.1, -0.05) is 86.3 Å². The lowest BCUT2D eigenvalue weighted by Gasteiger charge is -2.36. The van der Waals surface area contributed by atoms with E-state index in [1.165, 1.54) is 0 Å². The van der Waals surface area contributed by atoms with E-state index in [-0.39, 0.29) is 24.9 Å². The van der Waals surface area contributed by atoms with Gasteiger partial charge in [-0.2, -0.15) is 0 Å². The molecule has 0 bridgehead atoms. The highest BCUT2D eigenvalue weighted by atomic mass is 16.4. The van der Waals surface area contributed by atoms with Crippen LogP contribution >= 0.6 is 0 Å². The van der Waals surface area contributed by atoms with Gasteiger partial charge in [-0.15, -0.1) is 0 Å². The quantitative estimate of drug-likeness (QED) is 0.416. The second kappa shape index (κ2) is 14.1. The van der Waals surface area contributed by atoms with Crippen LogP contribution in [0.25, 0.3) is 0 Å². The third-order valence-electron chi connectivity index (χ3n) is 8.50. The van der Waals surface area contributed by atoms with Crippen LogP contribution in [0, 0.1) is 23.7 Å². The molecule has 2 aromatic carbocycles. The van der Waals surface area contributed by atoms with Crippen molar-refractivity contribution in [1.29, 1.82) is 0 Å². The molecular formula is C32H40N2O6. The highest BCUT2D eigenvalue weighted by Gasteiger charge is 2.40. The van der Waals surface area contributed by atoms with Gasteiger partial charge in [0.2, 0.25) is 11.8 Å². The Balaban J connectivity index is 1.58. The zero-order valence-corrected chi connectivity index (χ0v) is 23.0. The van der Waals surface area contributed by atoms with Gasteiger partial charge in [0.1, 0.15) is 0 Å². The largest absolute Gasteiger partial charge is 0.481 e. The van der Waals surface area contributed by atoms with Crippen LogP contribution < -0.4 is 0 Å². The van der Waals surface area contributed by atoms with Gasteiger partial charge in [0, 0.05) is 26.2 Å². The molecule has 2 aromatic rings. The van der Waals surface area contributed by atoms with Gasteiger partial charge in [-0.3, -0.25) is 19.2 Å². The summed E-state index contributed by atoms with van der Waals surface area (Å²) in [6, 6.07) is 19.1. The van der Waals surface area contributed by atoms with Gasteiger partial charge in [-0.25, -0.2) is 0 Å². The van der Waals surface area contributed by atoms with E-state index in [1.807, 2.05) is 60.7 Å². The van der Waals surface area contributed by atoms with Gasteiger partial charge in [0.05, 0.1) is 23.7 Å². The summed E-state index contributed by atoms with van der Waals surface area (Å²) in [5.41, 5.74) is 1.86. The molecule has 2 saturated carbocycles. The fourth-order valence-electron chi connectivity index (χ4n) is 6.30. The van der Waals surface area contributed by atoms with Crippen molar-refractivity contribution in [3.63, 3.8) is 0 Å². The summed E-state index contributed by atoms with van der Waals surface area (Å²) in [4.78, 5) is 55.2. The molecule has 0 heterocycles. The number of rotatable bonds is 11. The third-order valence-corrected chi connectivity index (χ3v) is 8.50. The van der Waals surface area contributed by atoms with Crippen molar-refractivity contribution in [3.05, 3.63) is 71.8 Å². The summed E-state index contributed by atoms with van der Waals surface area (Å²) in [5.74, 6) is -4.86. The van der Waals surface area contributed by atoms with Crippen molar-refractivity contribution >= 4 is 23.8 Å². The van der Waals surface area contributed by atoms with Crippen molar-refractivity contribution in [2.24, 2.45) is 23.7 Å². The minimum atomic E-state index is -0.935. The Morgan fingerprint density at radius 2 is 0.875 bits per heavy atom. The van der Waals surface area contributed by atoms with E-state index in [1.54, 1.807) is 9.80 Å². The smallest absolute Gasteiger partial charge is 0.307 e. The van der Waals surface area contributed by atoms with Crippen molar-refractivity contribution in [1.82, 2.24) is 9.80 Å². The Hall–Kier alpha value is -3.68. The van der Waals surface area contributed by atoms with Crippen LogP contribution in [0.4, 0.5) is 0 Å². The fourth-order valence-corrected chi connectivity index (χ4v) is 6.30. The monoisotopic (exact) mass is 548 g/mol. The first-order valence-electron chi connectivity index (χ1n) is 14.5. The summed E-state index contributed by atoms with van der Waals surface area (Å²) >= 11 is 0. The lowest BCUT2D eigenvalue weighted by molar-refractivity contribution is -0.154. The minimum absolute atomic E-state index is 0.191. The summed E-state index contributed by atoms with van der Waals surface area (Å²) in [5, 5.41) is 19.7. The molecule has 8 heteroatoms. The van der Waals surface area contributed by atoms with E-state index in [2.05, 4.69) is 0 Å². The normalized spacial score (nSPS) is 22.7. The maximum absolute atomic E-state index is 13.9. The maximum atomic E-state index is 13.9. The molecule has 4 atom stereocenters. The standard InChI is InChI=1S/C32H40N2O6/c35-29(25-15-7-9-17-27(25)31(37)38)33(21-23-11-3-1-4-12-23)19-20-34(22-24-13-5-2-6-14-24)30(36)26-16-8-10-18-28(26)32(39)40/h1-6,11-14,25-28H,7-10,15-22H2,(H,37,38)(H,39,40)/t25-,26+,27-,28-/m0/s1. The highest BCUT2D eigenvalue weighted by molar-refractivity contribution is 5.86. The highest BCUT2D eigenvalue weighted by Crippen LogP contribution is 2.34. The van der Waals surface area contributed by atoms with E-state index in [4.69, 9.17) is 0 Å². The molecule has 2 aliphatic rings. The number of hydrogen-bond acceptors (Lipinski definition) is 4. The number of carbonyl (C=O) groups is 4. The molecule has 40 heavy (non-hydrogen) atoms. The molecule has 0 aromatic heterocycles. The van der Waals surface area contributed by atoms with Gasteiger partial charge < -0.3 is 20.0 Å². The SMILES string of the molecule is O=C(O)[C@H]1CCCC[C@@H]1C(=O)N(CCN(Cc1ccccc1)C(=O)[C@@H]1CCCC[C@@H]1C(=O)O)Cc1ccccc1. The Morgan fingerprint density at radius 1 is 0.550 bits per heavy atom. The van der Waals surface area contributed by atoms with E-state index in [0.717, 1.165) is 36.8 Å². The third kappa shape index (κ3) is 7.49. The molecular weight excluding hydrogens is 508 g/mol. The zero-order chi connectivity index (χ0) is 28.5. The average Bonchev–Trinajstić information content (AvgIpc) is 2.98.